The molecule has 278 valence electrons. The van der Waals surface area contributed by atoms with Crippen molar-refractivity contribution in [3.63, 3.8) is 0 Å². The zero-order valence-electron chi connectivity index (χ0n) is 30.8. The van der Waals surface area contributed by atoms with Crippen LogP contribution in [0.2, 0.25) is 0 Å². The lowest BCUT2D eigenvalue weighted by Crippen LogP contribution is -2.41. The predicted molar refractivity (Wildman–Crippen MR) is 214 cm³/mol. The average Bonchev–Trinajstić information content (AvgIpc) is 3.21. The van der Waals surface area contributed by atoms with Gasteiger partial charge in [-0.2, -0.15) is 0 Å². The van der Waals surface area contributed by atoms with E-state index < -0.39 is 0 Å². The van der Waals surface area contributed by atoms with Gasteiger partial charge in [-0.3, -0.25) is 19.5 Å². The molecule has 0 aliphatic carbocycles. The summed E-state index contributed by atoms with van der Waals surface area (Å²) in [7, 11) is 1.79. The van der Waals surface area contributed by atoms with E-state index in [1.807, 2.05) is 54.6 Å². The van der Waals surface area contributed by atoms with E-state index in [4.69, 9.17) is 21.3 Å². The standard InChI is InChI=1S/C40H48N8O3.C2H4/c1-45(19-20-46-21-23-51-24-22-46)40(50)33-12-8-11-32(25-33)39(49)44-37-14-13-34(47-17-6-3-7-18-47)27-35(37)38-26-31(15-16-43-38)36(41)29-48(42)28-30-9-4-2-5-10-30;1-2/h2,4-5,8-16,25-27,29H,3,6-7,17-24,28,41-42H2,1H3,(H,44,49);1-2H2/b36-29-;. The Kier molecular flexibility index (Phi) is 14.2. The number of benzene rings is 3. The molecule has 11 heteroatoms. The SMILES string of the molecule is C=C.CN(CCN1CCOCC1)C(=O)c1cccc(C(=O)Nc2ccc(N3CCCCC3)cc2-c2cc(/C(N)=C/N(N)Cc3ccccc3)ccn2)c1. The second kappa shape index (κ2) is 19.4. The highest BCUT2D eigenvalue weighted by Crippen LogP contribution is 2.33. The van der Waals surface area contributed by atoms with E-state index in [9.17, 15) is 9.59 Å². The van der Waals surface area contributed by atoms with E-state index in [-0.39, 0.29) is 11.8 Å². The first-order chi connectivity index (χ1) is 25.8. The second-order valence-corrected chi connectivity index (χ2v) is 13.2. The molecule has 3 aromatic carbocycles. The zero-order valence-corrected chi connectivity index (χ0v) is 30.8. The number of pyridine rings is 1. The minimum Gasteiger partial charge on any atom is -0.397 e. The van der Waals surface area contributed by atoms with Crippen LogP contribution in [0.5, 0.6) is 0 Å². The predicted octanol–water partition coefficient (Wildman–Crippen LogP) is 5.83. The van der Waals surface area contributed by atoms with Crippen LogP contribution in [0.3, 0.4) is 0 Å². The molecule has 0 atom stereocenters. The molecule has 53 heavy (non-hydrogen) atoms. The molecular formula is C42H52N8O3. The van der Waals surface area contributed by atoms with E-state index in [0.29, 0.717) is 54.5 Å². The number of morpholine rings is 1. The number of carbonyl (C=O) groups is 2. The lowest BCUT2D eigenvalue weighted by molar-refractivity contribution is 0.0338. The maximum atomic E-state index is 13.8. The van der Waals surface area contributed by atoms with Gasteiger partial charge in [0.25, 0.3) is 11.8 Å². The van der Waals surface area contributed by atoms with Crippen molar-refractivity contribution in [3.05, 3.63) is 133 Å². The van der Waals surface area contributed by atoms with Crippen LogP contribution in [-0.2, 0) is 11.3 Å². The summed E-state index contributed by atoms with van der Waals surface area (Å²) >= 11 is 0. The lowest BCUT2D eigenvalue weighted by atomic mass is 10.0. The summed E-state index contributed by atoms with van der Waals surface area (Å²) in [4.78, 5) is 38.2. The van der Waals surface area contributed by atoms with Crippen molar-refractivity contribution in [2.24, 2.45) is 11.6 Å². The molecule has 5 N–H and O–H groups in total. The molecule has 2 aliphatic rings. The molecule has 0 spiro atoms. The van der Waals surface area contributed by atoms with Gasteiger partial charge in [0.15, 0.2) is 0 Å². The molecule has 4 aromatic rings. The van der Waals surface area contributed by atoms with E-state index in [1.165, 1.54) is 6.42 Å². The largest absolute Gasteiger partial charge is 0.397 e. The van der Waals surface area contributed by atoms with E-state index in [1.54, 1.807) is 53.6 Å². The van der Waals surface area contributed by atoms with Crippen LogP contribution in [-0.4, -0.2) is 91.1 Å². The van der Waals surface area contributed by atoms with Gasteiger partial charge in [-0.05, 0) is 73.4 Å². The monoisotopic (exact) mass is 716 g/mol. The van der Waals surface area contributed by atoms with Gasteiger partial charge < -0.3 is 30.6 Å². The number of likely N-dealkylation sites (N-methyl/N-ethyl adjacent to an activating group) is 1. The van der Waals surface area contributed by atoms with Gasteiger partial charge in [-0.25, -0.2) is 5.84 Å². The summed E-state index contributed by atoms with van der Waals surface area (Å²) in [6.45, 7) is 13.0. The van der Waals surface area contributed by atoms with Gasteiger partial charge in [-0.15, -0.1) is 13.2 Å². The highest BCUT2D eigenvalue weighted by Gasteiger charge is 2.20. The first kappa shape index (κ1) is 38.7. The number of ether oxygens (including phenoxy) is 1. The Morgan fingerprint density at radius 2 is 1.62 bits per heavy atom. The van der Waals surface area contributed by atoms with E-state index in [2.05, 4.69) is 34.3 Å². The molecule has 1 aromatic heterocycles. The van der Waals surface area contributed by atoms with Gasteiger partial charge in [0.2, 0.25) is 0 Å². The van der Waals surface area contributed by atoms with Gasteiger partial charge in [0.1, 0.15) is 0 Å². The minimum absolute atomic E-state index is 0.129. The number of piperidine rings is 1. The zero-order chi connectivity index (χ0) is 37.6. The fourth-order valence-electron chi connectivity index (χ4n) is 6.48. The third kappa shape index (κ3) is 10.8. The van der Waals surface area contributed by atoms with Crippen LogP contribution in [0.25, 0.3) is 17.0 Å². The minimum atomic E-state index is -0.317. The summed E-state index contributed by atoms with van der Waals surface area (Å²) < 4.78 is 5.43. The fraction of sp³-hybridized carbons (Fsp3) is 0.310. The number of nitrogens with zero attached hydrogens (tertiary/aromatic N) is 5. The lowest BCUT2D eigenvalue weighted by Gasteiger charge is -2.29. The molecule has 11 nitrogen and oxygen atoms in total. The molecule has 0 bridgehead atoms. The Hall–Kier alpha value is -5.49. The molecule has 0 unspecified atom stereocenters. The first-order valence-corrected chi connectivity index (χ1v) is 18.2. The number of hydrazine groups is 1. The third-order valence-electron chi connectivity index (χ3n) is 9.43. The van der Waals surface area contributed by atoms with Crippen LogP contribution in [0.4, 0.5) is 11.4 Å². The number of nitrogens with one attached hydrogen (secondary N) is 1. The number of carbonyl (C=O) groups excluding carboxylic acids is 2. The molecular weight excluding hydrogens is 665 g/mol. The molecule has 2 saturated heterocycles. The van der Waals surface area contributed by atoms with Crippen molar-refractivity contribution in [1.29, 1.82) is 0 Å². The Bertz CT molecular complexity index is 1840. The summed E-state index contributed by atoms with van der Waals surface area (Å²) in [5.41, 5.74) is 12.8. The smallest absolute Gasteiger partial charge is 0.255 e. The van der Waals surface area contributed by atoms with Gasteiger partial charge in [0.05, 0.1) is 36.8 Å². The highest BCUT2D eigenvalue weighted by atomic mass is 16.5. The Balaban J connectivity index is 0.00000266. The molecule has 3 heterocycles. The van der Waals surface area contributed by atoms with Crippen LogP contribution < -0.4 is 21.8 Å². The number of hydrogen-bond acceptors (Lipinski definition) is 9. The van der Waals surface area contributed by atoms with Gasteiger partial charge in [-0.1, -0.05) is 36.4 Å². The van der Waals surface area contributed by atoms with Crippen molar-refractivity contribution in [2.75, 3.05) is 69.7 Å². The number of nitrogens with two attached hydrogens (primary N) is 2. The van der Waals surface area contributed by atoms with Crippen molar-refractivity contribution in [1.82, 2.24) is 19.8 Å². The van der Waals surface area contributed by atoms with Gasteiger partial charge in [0, 0.05) is 86.7 Å². The number of amides is 2. The molecule has 0 radical (unpaired) electrons. The van der Waals surface area contributed by atoms with Crippen LogP contribution in [0.15, 0.2) is 110 Å². The second-order valence-electron chi connectivity index (χ2n) is 13.2. The van der Waals surface area contributed by atoms with Crippen LogP contribution in [0.1, 0.15) is 51.1 Å². The fourth-order valence-corrected chi connectivity index (χ4v) is 6.48. The first-order valence-electron chi connectivity index (χ1n) is 18.2. The number of hydrogen-bond donors (Lipinski definition) is 3. The quantitative estimate of drug-likeness (QED) is 0.0941. The topological polar surface area (TPSA) is 133 Å². The average molecular weight is 717 g/mol. The molecule has 6 rings (SSSR count). The maximum Gasteiger partial charge on any atom is 0.255 e. The molecule has 0 saturated carbocycles. The van der Waals surface area contributed by atoms with Crippen molar-refractivity contribution >= 4 is 28.9 Å². The Morgan fingerprint density at radius 1 is 0.887 bits per heavy atom. The van der Waals surface area contributed by atoms with Crippen molar-refractivity contribution in [2.45, 2.75) is 25.8 Å². The number of anilines is 2. The normalized spacial score (nSPS) is 14.8. The molecule has 2 aliphatic heterocycles. The van der Waals surface area contributed by atoms with Gasteiger partial charge >= 0.3 is 0 Å². The molecule has 2 amide bonds. The number of rotatable bonds is 12. The maximum absolute atomic E-state index is 13.8. The van der Waals surface area contributed by atoms with Crippen molar-refractivity contribution in [3.8, 4) is 11.3 Å². The molecule has 2 fully saturated rings. The number of aromatic nitrogens is 1. The Labute approximate surface area is 313 Å². The Morgan fingerprint density at radius 3 is 2.38 bits per heavy atom. The third-order valence-corrected chi connectivity index (χ3v) is 9.43. The summed E-state index contributed by atoms with van der Waals surface area (Å²) in [6.07, 6.45) is 6.93. The summed E-state index contributed by atoms with van der Waals surface area (Å²) in [5.74, 6) is 5.85. The van der Waals surface area contributed by atoms with Crippen molar-refractivity contribution < 1.29 is 14.3 Å². The summed E-state index contributed by atoms with van der Waals surface area (Å²) in [5, 5.41) is 4.68. The summed E-state index contributed by atoms with van der Waals surface area (Å²) in [6, 6.07) is 26.6. The highest BCUT2D eigenvalue weighted by molar-refractivity contribution is 6.08. The van der Waals surface area contributed by atoms with Crippen LogP contribution in [0, 0.1) is 0 Å². The van der Waals surface area contributed by atoms with E-state index >= 15 is 0 Å². The van der Waals surface area contributed by atoms with E-state index in [0.717, 1.165) is 67.9 Å². The van der Waals surface area contributed by atoms with Crippen LogP contribution >= 0.6 is 0 Å².